The lowest BCUT2D eigenvalue weighted by Crippen LogP contribution is -2.55. The molecule has 2 rings (SSSR count). The van der Waals surface area contributed by atoms with Crippen molar-refractivity contribution in [3.63, 3.8) is 0 Å². The van der Waals surface area contributed by atoms with Gasteiger partial charge in [0.1, 0.15) is 0 Å². The molecule has 82 valence electrons. The zero-order chi connectivity index (χ0) is 10.2. The van der Waals surface area contributed by atoms with Crippen LogP contribution < -0.4 is 5.32 Å². The highest BCUT2D eigenvalue weighted by Crippen LogP contribution is 2.36. The van der Waals surface area contributed by atoms with Crippen LogP contribution in [0.15, 0.2) is 0 Å². The molecule has 0 aromatic carbocycles. The van der Waals surface area contributed by atoms with Crippen molar-refractivity contribution in [1.82, 2.24) is 5.32 Å². The fourth-order valence-electron chi connectivity index (χ4n) is 2.82. The topological polar surface area (TPSA) is 41.5 Å². The Morgan fingerprint density at radius 2 is 2.21 bits per heavy atom. The van der Waals surface area contributed by atoms with Gasteiger partial charge < -0.3 is 15.2 Å². The van der Waals surface area contributed by atoms with Crippen LogP contribution in [0.2, 0.25) is 0 Å². The molecule has 3 nitrogen and oxygen atoms in total. The zero-order valence-electron chi connectivity index (χ0n) is 9.18. The predicted octanol–water partition coefficient (Wildman–Crippen LogP) is 1.06. The van der Waals surface area contributed by atoms with Gasteiger partial charge in [-0.3, -0.25) is 0 Å². The molecule has 0 spiro atoms. The van der Waals surface area contributed by atoms with Gasteiger partial charge in [0.05, 0.1) is 17.8 Å². The van der Waals surface area contributed by atoms with Gasteiger partial charge in [-0.2, -0.15) is 0 Å². The predicted molar refractivity (Wildman–Crippen MR) is 55.2 cm³/mol. The summed E-state index contributed by atoms with van der Waals surface area (Å²) in [7, 11) is 0. The van der Waals surface area contributed by atoms with Gasteiger partial charge >= 0.3 is 0 Å². The third-order valence-electron chi connectivity index (χ3n) is 3.47. The van der Waals surface area contributed by atoms with E-state index in [2.05, 4.69) is 19.2 Å². The average molecular weight is 199 g/mol. The maximum Gasteiger partial charge on any atom is 0.0849 e. The molecule has 0 aromatic heterocycles. The van der Waals surface area contributed by atoms with E-state index in [-0.39, 0.29) is 11.6 Å². The normalized spacial score (nSPS) is 42.6. The van der Waals surface area contributed by atoms with Crippen molar-refractivity contribution in [3.05, 3.63) is 0 Å². The molecule has 0 aliphatic carbocycles. The van der Waals surface area contributed by atoms with Crippen LogP contribution >= 0.6 is 0 Å². The molecule has 2 N–H and O–H groups in total. The van der Waals surface area contributed by atoms with E-state index in [1.54, 1.807) is 0 Å². The molecule has 2 fully saturated rings. The summed E-state index contributed by atoms with van der Waals surface area (Å²) in [6, 6.07) is 0.283. The summed E-state index contributed by atoms with van der Waals surface area (Å²) >= 11 is 0. The fourth-order valence-corrected chi connectivity index (χ4v) is 2.82. The number of nitrogens with one attached hydrogen (secondary N) is 1. The minimum atomic E-state index is -0.543. The summed E-state index contributed by atoms with van der Waals surface area (Å²) in [4.78, 5) is 0. The second kappa shape index (κ2) is 3.47. The van der Waals surface area contributed by atoms with Crippen molar-refractivity contribution in [2.45, 2.75) is 56.8 Å². The molecule has 2 saturated heterocycles. The van der Waals surface area contributed by atoms with E-state index in [4.69, 9.17) is 4.74 Å². The minimum absolute atomic E-state index is 0.169. The van der Waals surface area contributed by atoms with Gasteiger partial charge in [-0.1, -0.05) is 0 Å². The summed E-state index contributed by atoms with van der Waals surface area (Å²) in [5, 5.41) is 14.0. The van der Waals surface area contributed by atoms with Crippen molar-refractivity contribution in [1.29, 1.82) is 0 Å². The molecule has 2 aliphatic rings. The molecule has 0 amide bonds. The van der Waals surface area contributed by atoms with Gasteiger partial charge in [0.25, 0.3) is 0 Å². The van der Waals surface area contributed by atoms with Gasteiger partial charge in [-0.15, -0.1) is 0 Å². The largest absolute Gasteiger partial charge is 0.388 e. The molecule has 2 aliphatic heterocycles. The van der Waals surface area contributed by atoms with E-state index in [1.807, 2.05) is 0 Å². The highest BCUT2D eigenvalue weighted by Gasteiger charge is 2.45. The van der Waals surface area contributed by atoms with Crippen molar-refractivity contribution < 1.29 is 9.84 Å². The number of hydrogen-bond donors (Lipinski definition) is 2. The first kappa shape index (κ1) is 10.4. The molecular weight excluding hydrogens is 178 g/mol. The summed E-state index contributed by atoms with van der Waals surface area (Å²) in [5.74, 6) is 0. The molecule has 0 bridgehead atoms. The van der Waals surface area contributed by atoms with Crippen LogP contribution in [0.3, 0.4) is 0 Å². The monoisotopic (exact) mass is 199 g/mol. The first-order chi connectivity index (χ1) is 6.52. The van der Waals surface area contributed by atoms with E-state index < -0.39 is 5.60 Å². The molecule has 2 atom stereocenters. The summed E-state index contributed by atoms with van der Waals surface area (Å²) in [6.07, 6.45) is 3.81. The van der Waals surface area contributed by atoms with Gasteiger partial charge in [0.15, 0.2) is 0 Å². The van der Waals surface area contributed by atoms with E-state index in [0.717, 1.165) is 25.8 Å². The third-order valence-corrected chi connectivity index (χ3v) is 3.47. The Morgan fingerprint density at radius 1 is 1.43 bits per heavy atom. The summed E-state index contributed by atoms with van der Waals surface area (Å²) in [6.45, 7) is 5.86. The molecule has 0 saturated carbocycles. The summed E-state index contributed by atoms with van der Waals surface area (Å²) in [5.41, 5.74) is -0.713. The van der Waals surface area contributed by atoms with E-state index >= 15 is 0 Å². The Hall–Kier alpha value is -0.120. The van der Waals surface area contributed by atoms with E-state index in [9.17, 15) is 5.11 Å². The van der Waals surface area contributed by atoms with Gasteiger partial charge in [-0.05, 0) is 33.2 Å². The number of aliphatic hydroxyl groups is 1. The van der Waals surface area contributed by atoms with Gasteiger partial charge in [0, 0.05) is 18.9 Å². The Kier molecular flexibility index (Phi) is 2.58. The third kappa shape index (κ3) is 1.95. The molecule has 3 heteroatoms. The van der Waals surface area contributed by atoms with Crippen LogP contribution in [0.25, 0.3) is 0 Å². The van der Waals surface area contributed by atoms with Crippen molar-refractivity contribution in [3.8, 4) is 0 Å². The second-order valence-electron chi connectivity index (χ2n) is 5.29. The summed E-state index contributed by atoms with van der Waals surface area (Å²) < 4.78 is 5.63. The van der Waals surface area contributed by atoms with E-state index in [1.165, 1.54) is 6.42 Å². The average Bonchev–Trinajstić information content (AvgIpc) is 2.52. The van der Waals surface area contributed by atoms with Gasteiger partial charge in [0.2, 0.25) is 0 Å². The first-order valence-corrected chi connectivity index (χ1v) is 5.62. The Balaban J connectivity index is 2.06. The Bertz CT molecular complexity index is 211. The van der Waals surface area contributed by atoms with Crippen LogP contribution in [-0.4, -0.2) is 35.5 Å². The fraction of sp³-hybridized carbons (Fsp3) is 1.00. The molecule has 0 aromatic rings. The standard InChI is InChI=1S/C11H21NO2/c1-10(2)8-11(13,5-7-14-10)9-4-3-6-12-9/h9,12-13H,3-8H2,1-2H3. The lowest BCUT2D eigenvalue weighted by Gasteiger charge is -2.44. The van der Waals surface area contributed by atoms with Crippen LogP contribution in [-0.2, 0) is 4.74 Å². The highest BCUT2D eigenvalue weighted by molar-refractivity contribution is 5.00. The van der Waals surface area contributed by atoms with Crippen LogP contribution in [0.4, 0.5) is 0 Å². The second-order valence-corrected chi connectivity index (χ2v) is 5.29. The van der Waals surface area contributed by atoms with Crippen LogP contribution in [0.5, 0.6) is 0 Å². The zero-order valence-corrected chi connectivity index (χ0v) is 9.18. The molecule has 0 radical (unpaired) electrons. The van der Waals surface area contributed by atoms with Crippen molar-refractivity contribution in [2.24, 2.45) is 0 Å². The Morgan fingerprint density at radius 3 is 2.79 bits per heavy atom. The number of ether oxygens (including phenoxy) is 1. The maximum atomic E-state index is 10.6. The lowest BCUT2D eigenvalue weighted by molar-refractivity contribution is -0.154. The highest BCUT2D eigenvalue weighted by atomic mass is 16.5. The Labute approximate surface area is 85.8 Å². The SMILES string of the molecule is CC1(C)CC(O)(C2CCCN2)CCO1. The maximum absolute atomic E-state index is 10.6. The van der Waals surface area contributed by atoms with Crippen molar-refractivity contribution >= 4 is 0 Å². The molecule has 14 heavy (non-hydrogen) atoms. The van der Waals surface area contributed by atoms with E-state index in [0.29, 0.717) is 6.61 Å². The molecule has 2 heterocycles. The van der Waals surface area contributed by atoms with Crippen molar-refractivity contribution in [2.75, 3.05) is 13.2 Å². The smallest absolute Gasteiger partial charge is 0.0849 e. The van der Waals surface area contributed by atoms with Crippen LogP contribution in [0, 0.1) is 0 Å². The molecule has 2 unspecified atom stereocenters. The quantitative estimate of drug-likeness (QED) is 0.663. The first-order valence-electron chi connectivity index (χ1n) is 5.62. The number of rotatable bonds is 1. The minimum Gasteiger partial charge on any atom is -0.388 e. The molecular formula is C11H21NO2. The number of hydrogen-bond acceptors (Lipinski definition) is 3. The van der Waals surface area contributed by atoms with Gasteiger partial charge in [-0.25, -0.2) is 0 Å². The lowest BCUT2D eigenvalue weighted by atomic mass is 9.78. The van der Waals surface area contributed by atoms with Crippen LogP contribution in [0.1, 0.15) is 39.5 Å².